The average molecular weight is 296 g/mol. The number of rotatable bonds is 8. The Morgan fingerprint density at radius 2 is 2.05 bits per heavy atom. The first kappa shape index (κ1) is 17.4. The molecule has 0 aliphatic heterocycles. The third kappa shape index (κ3) is 4.97. The maximum atomic E-state index is 14.3. The summed E-state index contributed by atoms with van der Waals surface area (Å²) in [7, 11) is 3.98. The number of aromatic nitrogens is 1. The zero-order valence-corrected chi connectivity index (χ0v) is 13.3. The molecular formula is C15H25FN4O. The molecule has 0 saturated heterocycles. The minimum Gasteiger partial charge on any atom is -0.368 e. The fraction of sp³-hybridized carbons (Fsp3) is 0.600. The van der Waals surface area contributed by atoms with E-state index in [1.54, 1.807) is 4.90 Å². The molecule has 0 unspecified atom stereocenters. The molecule has 1 N–H and O–H groups in total. The van der Waals surface area contributed by atoms with Gasteiger partial charge in [-0.1, -0.05) is 0 Å². The summed E-state index contributed by atoms with van der Waals surface area (Å²) in [4.78, 5) is 20.1. The molecule has 0 aliphatic rings. The molecule has 5 nitrogen and oxygen atoms in total. The number of nitrogens with one attached hydrogen (secondary N) is 1. The molecule has 0 atom stereocenters. The van der Waals surface area contributed by atoms with E-state index in [-0.39, 0.29) is 17.3 Å². The Labute approximate surface area is 126 Å². The molecule has 1 amide bonds. The second-order valence-electron chi connectivity index (χ2n) is 5.09. The van der Waals surface area contributed by atoms with Crippen LogP contribution in [0, 0.1) is 5.82 Å². The van der Waals surface area contributed by atoms with Gasteiger partial charge in [0.2, 0.25) is 0 Å². The summed E-state index contributed by atoms with van der Waals surface area (Å²) in [6, 6.07) is 1.44. The third-order valence-corrected chi connectivity index (χ3v) is 3.17. The Bertz CT molecular complexity index is 465. The van der Waals surface area contributed by atoms with Gasteiger partial charge in [-0.05, 0) is 47.0 Å². The van der Waals surface area contributed by atoms with Crippen LogP contribution >= 0.6 is 0 Å². The Hall–Kier alpha value is -1.69. The van der Waals surface area contributed by atoms with E-state index in [4.69, 9.17) is 0 Å². The van der Waals surface area contributed by atoms with E-state index in [0.29, 0.717) is 19.6 Å². The van der Waals surface area contributed by atoms with Crippen LogP contribution in [0.3, 0.4) is 0 Å². The van der Waals surface area contributed by atoms with E-state index >= 15 is 0 Å². The highest BCUT2D eigenvalue weighted by molar-refractivity contribution is 5.95. The van der Waals surface area contributed by atoms with Crippen molar-refractivity contribution in [2.24, 2.45) is 0 Å². The Morgan fingerprint density at radius 3 is 2.62 bits per heavy atom. The average Bonchev–Trinajstić information content (AvgIpc) is 2.45. The van der Waals surface area contributed by atoms with Crippen LogP contribution < -0.4 is 5.32 Å². The first-order chi connectivity index (χ1) is 10.0. The van der Waals surface area contributed by atoms with Crippen molar-refractivity contribution in [1.82, 2.24) is 14.8 Å². The number of carbonyl (C=O) groups is 1. The van der Waals surface area contributed by atoms with Crippen molar-refractivity contribution in [3.63, 3.8) is 0 Å². The van der Waals surface area contributed by atoms with E-state index in [1.165, 1.54) is 12.3 Å². The van der Waals surface area contributed by atoms with Crippen LogP contribution in [0.15, 0.2) is 12.3 Å². The van der Waals surface area contributed by atoms with Gasteiger partial charge >= 0.3 is 0 Å². The summed E-state index contributed by atoms with van der Waals surface area (Å²) in [5.41, 5.74) is 0.0765. The number of anilines is 1. The molecule has 0 bridgehead atoms. The normalized spacial score (nSPS) is 10.8. The van der Waals surface area contributed by atoms with Crippen molar-refractivity contribution in [1.29, 1.82) is 0 Å². The van der Waals surface area contributed by atoms with Gasteiger partial charge in [0.05, 0.1) is 5.56 Å². The Morgan fingerprint density at radius 1 is 1.33 bits per heavy atom. The zero-order valence-electron chi connectivity index (χ0n) is 13.3. The molecule has 1 heterocycles. The largest absolute Gasteiger partial charge is 0.368 e. The lowest BCUT2D eigenvalue weighted by Crippen LogP contribution is -2.34. The number of nitrogens with zero attached hydrogens (tertiary/aromatic N) is 3. The summed E-state index contributed by atoms with van der Waals surface area (Å²) in [5.74, 6) is -0.724. The molecule has 1 aromatic rings. The topological polar surface area (TPSA) is 48.5 Å². The molecule has 6 heteroatoms. The maximum Gasteiger partial charge on any atom is 0.257 e. The quantitative estimate of drug-likeness (QED) is 0.798. The molecule has 0 spiro atoms. The van der Waals surface area contributed by atoms with Crippen LogP contribution in [0.5, 0.6) is 0 Å². The predicted octanol–water partition coefficient (Wildman–Crippen LogP) is 2.07. The van der Waals surface area contributed by atoms with Crippen LogP contribution in [0.25, 0.3) is 0 Å². The minimum absolute atomic E-state index is 0.0765. The third-order valence-electron chi connectivity index (χ3n) is 3.17. The number of carbonyl (C=O) groups excluding carboxylic acids is 1. The van der Waals surface area contributed by atoms with Gasteiger partial charge in [-0.3, -0.25) is 4.79 Å². The zero-order chi connectivity index (χ0) is 15.8. The summed E-state index contributed by atoms with van der Waals surface area (Å²) >= 11 is 0. The molecule has 1 rings (SSSR count). The van der Waals surface area contributed by atoms with Gasteiger partial charge in [0.25, 0.3) is 5.91 Å². The molecule has 0 fully saturated rings. The van der Waals surface area contributed by atoms with E-state index in [0.717, 1.165) is 13.0 Å². The Kier molecular flexibility index (Phi) is 7.08. The van der Waals surface area contributed by atoms with Crippen LogP contribution in [-0.2, 0) is 0 Å². The van der Waals surface area contributed by atoms with Crippen molar-refractivity contribution < 1.29 is 9.18 Å². The summed E-state index contributed by atoms with van der Waals surface area (Å²) in [5, 5.41) is 2.82. The van der Waals surface area contributed by atoms with Crippen molar-refractivity contribution >= 4 is 11.7 Å². The fourth-order valence-electron chi connectivity index (χ4n) is 2.05. The van der Waals surface area contributed by atoms with Gasteiger partial charge in [0, 0.05) is 25.8 Å². The highest BCUT2D eigenvalue weighted by Crippen LogP contribution is 2.17. The van der Waals surface area contributed by atoms with E-state index in [9.17, 15) is 9.18 Å². The highest BCUT2D eigenvalue weighted by Gasteiger charge is 2.20. The maximum absolute atomic E-state index is 14.3. The minimum atomic E-state index is -0.574. The van der Waals surface area contributed by atoms with E-state index < -0.39 is 5.82 Å². The predicted molar refractivity (Wildman–Crippen MR) is 83.1 cm³/mol. The van der Waals surface area contributed by atoms with Crippen molar-refractivity contribution in [2.45, 2.75) is 20.3 Å². The second-order valence-corrected chi connectivity index (χ2v) is 5.09. The number of pyridine rings is 1. The monoisotopic (exact) mass is 296 g/mol. The standard InChI is InChI=1S/C15H25FN4O/c1-5-17-14-13(16)12(8-9-18-14)15(21)20(6-2)11-7-10-19(3)4/h8-9H,5-7,10-11H2,1-4H3,(H,17,18). The van der Waals surface area contributed by atoms with Crippen molar-refractivity contribution in [2.75, 3.05) is 45.6 Å². The highest BCUT2D eigenvalue weighted by atomic mass is 19.1. The van der Waals surface area contributed by atoms with Crippen LogP contribution in [0.1, 0.15) is 30.6 Å². The molecule has 0 aliphatic carbocycles. The van der Waals surface area contributed by atoms with Gasteiger partial charge in [-0.2, -0.15) is 0 Å². The van der Waals surface area contributed by atoms with Crippen LogP contribution in [0.4, 0.5) is 10.2 Å². The van der Waals surface area contributed by atoms with Gasteiger partial charge in [-0.15, -0.1) is 0 Å². The molecule has 0 aromatic carbocycles. The fourth-order valence-corrected chi connectivity index (χ4v) is 2.05. The van der Waals surface area contributed by atoms with Gasteiger partial charge in [0.1, 0.15) is 0 Å². The molecule has 21 heavy (non-hydrogen) atoms. The first-order valence-electron chi connectivity index (χ1n) is 7.33. The van der Waals surface area contributed by atoms with E-state index in [2.05, 4.69) is 15.2 Å². The lowest BCUT2D eigenvalue weighted by Gasteiger charge is -2.22. The van der Waals surface area contributed by atoms with E-state index in [1.807, 2.05) is 27.9 Å². The summed E-state index contributed by atoms with van der Waals surface area (Å²) in [6.45, 7) is 6.39. The number of hydrogen-bond acceptors (Lipinski definition) is 4. The smallest absolute Gasteiger partial charge is 0.257 e. The molecule has 0 saturated carbocycles. The molecule has 1 aromatic heterocycles. The number of amides is 1. The lowest BCUT2D eigenvalue weighted by atomic mass is 10.2. The second kappa shape index (κ2) is 8.56. The van der Waals surface area contributed by atoms with Crippen molar-refractivity contribution in [3.05, 3.63) is 23.6 Å². The number of hydrogen-bond donors (Lipinski definition) is 1. The summed E-state index contributed by atoms with van der Waals surface area (Å²) < 4.78 is 14.3. The number of halogens is 1. The molecular weight excluding hydrogens is 271 g/mol. The van der Waals surface area contributed by atoms with Crippen LogP contribution in [-0.4, -0.2) is 61.0 Å². The van der Waals surface area contributed by atoms with Gasteiger partial charge in [0.15, 0.2) is 11.6 Å². The van der Waals surface area contributed by atoms with Crippen LogP contribution in [0.2, 0.25) is 0 Å². The Balaban J connectivity index is 2.82. The van der Waals surface area contributed by atoms with Crippen molar-refractivity contribution in [3.8, 4) is 0 Å². The lowest BCUT2D eigenvalue weighted by molar-refractivity contribution is 0.0754. The van der Waals surface area contributed by atoms with Gasteiger partial charge in [-0.25, -0.2) is 9.37 Å². The molecule has 0 radical (unpaired) electrons. The molecule has 118 valence electrons. The SMILES string of the molecule is CCNc1nccc(C(=O)N(CC)CCCN(C)C)c1F. The summed E-state index contributed by atoms with van der Waals surface area (Å²) in [6.07, 6.45) is 2.32. The first-order valence-corrected chi connectivity index (χ1v) is 7.33. The van der Waals surface area contributed by atoms with Gasteiger partial charge < -0.3 is 15.1 Å².